The molecule has 1 aliphatic heterocycles. The first-order valence-corrected chi connectivity index (χ1v) is 10.2. The van der Waals surface area contributed by atoms with Gasteiger partial charge in [-0.25, -0.2) is 4.79 Å². The lowest BCUT2D eigenvalue weighted by Crippen LogP contribution is -2.35. The fraction of sp³-hybridized carbons (Fsp3) is 0.261. The number of fused-ring (bicyclic) bond motifs is 1. The Morgan fingerprint density at radius 3 is 2.17 bits per heavy atom. The molecule has 4 rings (SSSR count). The zero-order chi connectivity index (χ0) is 20.9. The molecule has 154 valence electrons. The van der Waals surface area contributed by atoms with Gasteiger partial charge in [0.2, 0.25) is 5.56 Å². The molecule has 0 radical (unpaired) electrons. The van der Waals surface area contributed by atoms with Crippen molar-refractivity contribution in [2.24, 2.45) is 0 Å². The summed E-state index contributed by atoms with van der Waals surface area (Å²) in [5.41, 5.74) is 1.85. The number of pyridine rings is 1. The highest BCUT2D eigenvalue weighted by atomic mass is 16.2. The van der Waals surface area contributed by atoms with E-state index in [1.807, 2.05) is 11.0 Å². The summed E-state index contributed by atoms with van der Waals surface area (Å²) in [5.74, 6) is -0.362. The van der Waals surface area contributed by atoms with Gasteiger partial charge >= 0.3 is 6.03 Å². The minimum atomic E-state index is -0.362. The van der Waals surface area contributed by atoms with Crippen LogP contribution in [0.3, 0.4) is 0 Å². The van der Waals surface area contributed by atoms with Crippen molar-refractivity contribution in [1.29, 1.82) is 0 Å². The molecule has 1 saturated heterocycles. The predicted octanol–water partition coefficient (Wildman–Crippen LogP) is 4.19. The summed E-state index contributed by atoms with van der Waals surface area (Å²) in [4.78, 5) is 41.6. The normalized spacial score (nSPS) is 14.2. The molecule has 3 amide bonds. The van der Waals surface area contributed by atoms with Crippen LogP contribution in [-0.2, 0) is 0 Å². The van der Waals surface area contributed by atoms with Crippen molar-refractivity contribution in [2.45, 2.75) is 25.7 Å². The minimum Gasteiger partial charge on any atom is -0.325 e. The van der Waals surface area contributed by atoms with E-state index >= 15 is 0 Å². The quantitative estimate of drug-likeness (QED) is 0.611. The van der Waals surface area contributed by atoms with E-state index in [2.05, 4.69) is 15.6 Å². The van der Waals surface area contributed by atoms with Crippen molar-refractivity contribution < 1.29 is 9.59 Å². The van der Waals surface area contributed by atoms with Crippen LogP contribution in [0.1, 0.15) is 36.0 Å². The molecule has 0 saturated carbocycles. The average molecular weight is 404 g/mol. The van der Waals surface area contributed by atoms with Crippen LogP contribution in [0.25, 0.3) is 10.9 Å². The maximum Gasteiger partial charge on any atom is 0.321 e. The van der Waals surface area contributed by atoms with Gasteiger partial charge in [0.25, 0.3) is 5.91 Å². The zero-order valence-corrected chi connectivity index (χ0v) is 16.6. The first-order chi connectivity index (χ1) is 14.6. The maximum atomic E-state index is 12.7. The molecule has 1 aliphatic rings. The largest absolute Gasteiger partial charge is 0.325 e. The number of aromatic nitrogens is 1. The molecule has 1 fully saturated rings. The Kier molecular flexibility index (Phi) is 5.79. The number of amides is 3. The van der Waals surface area contributed by atoms with Gasteiger partial charge in [-0.1, -0.05) is 31.0 Å². The number of urea groups is 1. The van der Waals surface area contributed by atoms with E-state index in [4.69, 9.17) is 0 Å². The second-order valence-electron chi connectivity index (χ2n) is 7.46. The van der Waals surface area contributed by atoms with Crippen molar-refractivity contribution >= 4 is 34.2 Å². The summed E-state index contributed by atoms with van der Waals surface area (Å²) in [5, 5.41) is 6.40. The fourth-order valence-electron chi connectivity index (χ4n) is 3.70. The third kappa shape index (κ3) is 4.51. The zero-order valence-electron chi connectivity index (χ0n) is 16.6. The second kappa shape index (κ2) is 8.82. The van der Waals surface area contributed by atoms with Crippen LogP contribution < -0.4 is 16.2 Å². The summed E-state index contributed by atoms with van der Waals surface area (Å²) >= 11 is 0. The minimum absolute atomic E-state index is 0.0938. The number of nitrogens with one attached hydrogen (secondary N) is 3. The first kappa shape index (κ1) is 19.7. The number of benzene rings is 2. The Morgan fingerprint density at radius 1 is 0.833 bits per heavy atom. The first-order valence-electron chi connectivity index (χ1n) is 10.2. The summed E-state index contributed by atoms with van der Waals surface area (Å²) in [6.07, 6.45) is 4.41. The van der Waals surface area contributed by atoms with Crippen molar-refractivity contribution in [2.75, 3.05) is 23.7 Å². The molecule has 7 nitrogen and oxygen atoms in total. The smallest absolute Gasteiger partial charge is 0.321 e. The lowest BCUT2D eigenvalue weighted by Gasteiger charge is -2.20. The maximum absolute atomic E-state index is 12.7. The molecule has 2 aromatic carbocycles. The van der Waals surface area contributed by atoms with Crippen molar-refractivity contribution in [3.8, 4) is 0 Å². The number of para-hydroxylation sites is 1. The Hall–Kier alpha value is -3.61. The van der Waals surface area contributed by atoms with Gasteiger partial charge in [-0.3, -0.25) is 9.59 Å². The van der Waals surface area contributed by atoms with Crippen LogP contribution >= 0.6 is 0 Å². The third-order valence-corrected chi connectivity index (χ3v) is 5.28. The standard InChI is InChI=1S/C23H24N4O3/c28-21-15-19(18-7-3-4-8-20(18)26-21)22(29)24-16-9-11-17(12-10-16)25-23(30)27-13-5-1-2-6-14-27/h3-4,7-12,15H,1-2,5-6,13-14H2,(H,24,29)(H,25,30)(H,26,28). The van der Waals surface area contributed by atoms with Gasteiger partial charge in [-0.05, 0) is 43.2 Å². The highest BCUT2D eigenvalue weighted by Gasteiger charge is 2.16. The molecule has 0 aliphatic carbocycles. The van der Waals surface area contributed by atoms with Crippen LogP contribution in [0.15, 0.2) is 59.4 Å². The van der Waals surface area contributed by atoms with Crippen molar-refractivity contribution in [3.05, 3.63) is 70.5 Å². The molecule has 2 heterocycles. The number of H-pyrrole nitrogens is 1. The number of anilines is 2. The summed E-state index contributed by atoms with van der Waals surface area (Å²) < 4.78 is 0. The molecular formula is C23H24N4O3. The van der Waals surface area contributed by atoms with E-state index in [9.17, 15) is 14.4 Å². The molecule has 0 spiro atoms. The SMILES string of the molecule is O=C(Nc1ccc(NC(=O)N2CCCCCC2)cc1)c1cc(=O)[nH]c2ccccc12. The van der Waals surface area contributed by atoms with E-state index in [-0.39, 0.29) is 17.5 Å². The molecule has 0 atom stereocenters. The van der Waals surface area contributed by atoms with Gasteiger partial charge < -0.3 is 20.5 Å². The lowest BCUT2D eigenvalue weighted by molar-refractivity contribution is 0.102. The topological polar surface area (TPSA) is 94.3 Å². The van der Waals surface area contributed by atoms with Crippen molar-refractivity contribution in [3.63, 3.8) is 0 Å². The Labute approximate surface area is 174 Å². The predicted molar refractivity (Wildman–Crippen MR) is 118 cm³/mol. The molecule has 0 unspecified atom stereocenters. The van der Waals surface area contributed by atoms with Gasteiger partial charge in [-0.2, -0.15) is 0 Å². The van der Waals surface area contributed by atoms with E-state index in [1.54, 1.807) is 42.5 Å². The Balaban J connectivity index is 1.44. The van der Waals surface area contributed by atoms with E-state index < -0.39 is 0 Å². The molecule has 3 aromatic rings. The summed E-state index contributed by atoms with van der Waals surface area (Å²) in [6.45, 7) is 1.56. The Bertz CT molecular complexity index is 1110. The van der Waals surface area contributed by atoms with Crippen LogP contribution in [0.5, 0.6) is 0 Å². The van der Waals surface area contributed by atoms with Crippen LogP contribution in [0, 0.1) is 0 Å². The van der Waals surface area contributed by atoms with E-state index in [0.717, 1.165) is 25.9 Å². The summed E-state index contributed by atoms with van der Waals surface area (Å²) in [7, 11) is 0. The summed E-state index contributed by atoms with van der Waals surface area (Å²) in [6, 6.07) is 15.3. The monoisotopic (exact) mass is 404 g/mol. The van der Waals surface area contributed by atoms with Gasteiger partial charge in [0, 0.05) is 41.4 Å². The molecule has 30 heavy (non-hydrogen) atoms. The second-order valence-corrected chi connectivity index (χ2v) is 7.46. The number of likely N-dealkylation sites (tertiary alicyclic amines) is 1. The van der Waals surface area contributed by atoms with Gasteiger partial charge in [0.15, 0.2) is 0 Å². The number of rotatable bonds is 3. The highest BCUT2D eigenvalue weighted by Crippen LogP contribution is 2.19. The number of aromatic amines is 1. The van der Waals surface area contributed by atoms with Gasteiger partial charge in [0.1, 0.15) is 0 Å². The van der Waals surface area contributed by atoms with Crippen LogP contribution in [0.2, 0.25) is 0 Å². The third-order valence-electron chi connectivity index (χ3n) is 5.28. The molecule has 3 N–H and O–H groups in total. The molecule has 1 aromatic heterocycles. The van der Waals surface area contributed by atoms with Gasteiger partial charge in [0.05, 0.1) is 5.56 Å². The van der Waals surface area contributed by atoms with Crippen LogP contribution in [-0.4, -0.2) is 34.9 Å². The number of hydrogen-bond donors (Lipinski definition) is 3. The number of nitrogens with zero attached hydrogens (tertiary/aromatic N) is 1. The number of hydrogen-bond acceptors (Lipinski definition) is 3. The fourth-order valence-corrected chi connectivity index (χ4v) is 3.70. The van der Waals surface area contributed by atoms with E-state index in [0.29, 0.717) is 27.8 Å². The number of carbonyl (C=O) groups is 2. The number of carbonyl (C=O) groups excluding carboxylic acids is 2. The van der Waals surface area contributed by atoms with Gasteiger partial charge in [-0.15, -0.1) is 0 Å². The average Bonchev–Trinajstić information content (AvgIpc) is 3.04. The highest BCUT2D eigenvalue weighted by molar-refractivity contribution is 6.12. The van der Waals surface area contributed by atoms with Crippen LogP contribution in [0.4, 0.5) is 16.2 Å². The van der Waals surface area contributed by atoms with E-state index in [1.165, 1.54) is 18.9 Å². The Morgan fingerprint density at radius 2 is 1.47 bits per heavy atom. The molecular weight excluding hydrogens is 380 g/mol. The lowest BCUT2D eigenvalue weighted by atomic mass is 10.1. The molecule has 7 heteroatoms. The molecule has 0 bridgehead atoms. The van der Waals surface area contributed by atoms with Crippen molar-refractivity contribution in [1.82, 2.24) is 9.88 Å².